The monoisotopic (exact) mass is 211 g/mol. The lowest BCUT2D eigenvalue weighted by Crippen LogP contribution is -2.04. The van der Waals surface area contributed by atoms with Crippen molar-refractivity contribution >= 4 is 5.69 Å². The van der Waals surface area contributed by atoms with Gasteiger partial charge in [0.1, 0.15) is 5.82 Å². The Morgan fingerprint density at radius 2 is 2.33 bits per heavy atom. The van der Waals surface area contributed by atoms with Gasteiger partial charge in [0.2, 0.25) is 0 Å². The molecular formula is C10H10FNO3. The van der Waals surface area contributed by atoms with Crippen LogP contribution in [-0.2, 0) is 0 Å². The molecule has 0 radical (unpaired) electrons. The third-order valence-electron chi connectivity index (χ3n) is 1.95. The number of aliphatic hydroxyl groups excluding tert-OH is 1. The van der Waals surface area contributed by atoms with E-state index in [1.807, 2.05) is 0 Å². The molecule has 0 fully saturated rings. The molecule has 1 unspecified atom stereocenters. The van der Waals surface area contributed by atoms with Crippen molar-refractivity contribution in [3.63, 3.8) is 0 Å². The maximum Gasteiger partial charge on any atom is 0.278 e. The Hall–Kier alpha value is -1.75. The minimum Gasteiger partial charge on any atom is -0.388 e. The van der Waals surface area contributed by atoms with Crippen LogP contribution in [0.4, 0.5) is 10.1 Å². The number of hydrogen-bond donors (Lipinski definition) is 1. The molecule has 0 saturated carbocycles. The number of nitro groups is 1. The zero-order valence-corrected chi connectivity index (χ0v) is 7.89. The fraction of sp³-hybridized carbons (Fsp3) is 0.200. The van der Waals surface area contributed by atoms with Crippen LogP contribution in [0.3, 0.4) is 0 Å². The van der Waals surface area contributed by atoms with E-state index in [4.69, 9.17) is 0 Å². The predicted octanol–water partition coefficient (Wildman–Crippen LogP) is 2.34. The van der Waals surface area contributed by atoms with Gasteiger partial charge in [0.05, 0.1) is 16.6 Å². The van der Waals surface area contributed by atoms with Crippen molar-refractivity contribution in [1.29, 1.82) is 0 Å². The molecule has 0 saturated heterocycles. The summed E-state index contributed by atoms with van der Waals surface area (Å²) in [7, 11) is 0. The molecule has 0 aliphatic rings. The van der Waals surface area contributed by atoms with Crippen LogP contribution in [0, 0.1) is 15.9 Å². The molecule has 1 atom stereocenters. The number of nitro benzene ring substituents is 1. The van der Waals surface area contributed by atoms with E-state index in [9.17, 15) is 19.6 Å². The minimum absolute atomic E-state index is 0.0712. The standard InChI is InChI=1S/C10H10FNO3/c1-2-4-9(13)10-7(11)5-3-6-8(10)12(14)15/h2-3,5-6,9,13H,1,4H2. The van der Waals surface area contributed by atoms with Gasteiger partial charge in [-0.1, -0.05) is 12.1 Å². The first-order valence-corrected chi connectivity index (χ1v) is 4.29. The zero-order valence-electron chi connectivity index (χ0n) is 7.89. The first-order valence-electron chi connectivity index (χ1n) is 4.29. The van der Waals surface area contributed by atoms with Crippen LogP contribution in [0.1, 0.15) is 18.1 Å². The summed E-state index contributed by atoms with van der Waals surface area (Å²) in [6.07, 6.45) is 0.215. The molecule has 15 heavy (non-hydrogen) atoms. The summed E-state index contributed by atoms with van der Waals surface area (Å²) in [5.74, 6) is -0.779. The van der Waals surface area contributed by atoms with Crippen molar-refractivity contribution in [2.24, 2.45) is 0 Å². The molecule has 0 aliphatic carbocycles. The Kier molecular flexibility index (Phi) is 3.51. The summed E-state index contributed by atoms with van der Waals surface area (Å²) in [6.45, 7) is 3.38. The second kappa shape index (κ2) is 4.65. The van der Waals surface area contributed by atoms with Gasteiger partial charge in [-0.3, -0.25) is 10.1 Å². The first-order chi connectivity index (χ1) is 7.07. The molecule has 80 valence electrons. The molecule has 1 aromatic carbocycles. The van der Waals surface area contributed by atoms with Crippen LogP contribution in [0.15, 0.2) is 30.9 Å². The number of halogens is 1. The van der Waals surface area contributed by atoms with Crippen LogP contribution >= 0.6 is 0 Å². The van der Waals surface area contributed by atoms with Crippen molar-refractivity contribution in [1.82, 2.24) is 0 Å². The van der Waals surface area contributed by atoms with Gasteiger partial charge >= 0.3 is 0 Å². The lowest BCUT2D eigenvalue weighted by Gasteiger charge is -2.09. The van der Waals surface area contributed by atoms with Gasteiger partial charge in [-0.2, -0.15) is 0 Å². The summed E-state index contributed by atoms with van der Waals surface area (Å²) < 4.78 is 13.3. The Morgan fingerprint density at radius 1 is 1.67 bits per heavy atom. The normalized spacial score (nSPS) is 12.1. The van der Waals surface area contributed by atoms with E-state index in [1.54, 1.807) is 0 Å². The Labute approximate surface area is 85.8 Å². The van der Waals surface area contributed by atoms with Crippen molar-refractivity contribution in [3.05, 3.63) is 52.3 Å². The van der Waals surface area contributed by atoms with E-state index in [2.05, 4.69) is 6.58 Å². The quantitative estimate of drug-likeness (QED) is 0.472. The summed E-state index contributed by atoms with van der Waals surface area (Å²) in [5.41, 5.74) is -0.702. The van der Waals surface area contributed by atoms with E-state index in [-0.39, 0.29) is 12.0 Å². The minimum atomic E-state index is -1.23. The van der Waals surface area contributed by atoms with Gasteiger partial charge in [0.15, 0.2) is 0 Å². The Bertz CT molecular complexity index is 392. The molecule has 0 aromatic heterocycles. The maximum atomic E-state index is 13.3. The molecule has 5 heteroatoms. The van der Waals surface area contributed by atoms with Gasteiger partial charge in [0.25, 0.3) is 5.69 Å². The van der Waals surface area contributed by atoms with E-state index in [0.29, 0.717) is 0 Å². The molecular weight excluding hydrogens is 201 g/mol. The van der Waals surface area contributed by atoms with E-state index < -0.39 is 22.5 Å². The van der Waals surface area contributed by atoms with Crippen molar-refractivity contribution in [2.45, 2.75) is 12.5 Å². The number of nitrogens with zero attached hydrogens (tertiary/aromatic N) is 1. The summed E-state index contributed by atoms with van der Waals surface area (Å²) >= 11 is 0. The van der Waals surface area contributed by atoms with Crippen LogP contribution in [0.25, 0.3) is 0 Å². The summed E-state index contributed by atoms with van der Waals surface area (Å²) in [4.78, 5) is 9.87. The second-order valence-electron chi connectivity index (χ2n) is 2.97. The molecule has 0 amide bonds. The zero-order chi connectivity index (χ0) is 11.4. The smallest absolute Gasteiger partial charge is 0.278 e. The largest absolute Gasteiger partial charge is 0.388 e. The van der Waals surface area contributed by atoms with E-state index in [0.717, 1.165) is 12.1 Å². The number of benzene rings is 1. The molecule has 1 N–H and O–H groups in total. The van der Waals surface area contributed by atoms with Gasteiger partial charge in [-0.25, -0.2) is 4.39 Å². The number of hydrogen-bond acceptors (Lipinski definition) is 3. The highest BCUT2D eigenvalue weighted by Gasteiger charge is 2.23. The highest BCUT2D eigenvalue weighted by atomic mass is 19.1. The number of rotatable bonds is 4. The lowest BCUT2D eigenvalue weighted by molar-refractivity contribution is -0.386. The van der Waals surface area contributed by atoms with Crippen LogP contribution in [-0.4, -0.2) is 10.0 Å². The molecule has 0 heterocycles. The molecule has 0 bridgehead atoms. The highest BCUT2D eigenvalue weighted by Crippen LogP contribution is 2.29. The molecule has 1 rings (SSSR count). The van der Waals surface area contributed by atoms with Crippen LogP contribution in [0.2, 0.25) is 0 Å². The Balaban J connectivity index is 3.23. The average molecular weight is 211 g/mol. The van der Waals surface area contributed by atoms with Crippen molar-refractivity contribution < 1.29 is 14.4 Å². The Morgan fingerprint density at radius 3 is 2.87 bits per heavy atom. The highest BCUT2D eigenvalue weighted by molar-refractivity contribution is 5.42. The van der Waals surface area contributed by atoms with Gasteiger partial charge < -0.3 is 5.11 Å². The van der Waals surface area contributed by atoms with Gasteiger partial charge in [-0.15, -0.1) is 6.58 Å². The van der Waals surface area contributed by atoms with Crippen LogP contribution in [0.5, 0.6) is 0 Å². The van der Waals surface area contributed by atoms with Gasteiger partial charge in [-0.05, 0) is 12.5 Å². The SMILES string of the molecule is C=CCC(O)c1c(F)cccc1[N+](=O)[O-]. The lowest BCUT2D eigenvalue weighted by atomic mass is 10.0. The van der Waals surface area contributed by atoms with Crippen LogP contribution < -0.4 is 0 Å². The molecule has 0 spiro atoms. The topological polar surface area (TPSA) is 63.4 Å². The number of aliphatic hydroxyl groups is 1. The molecule has 0 aliphatic heterocycles. The fourth-order valence-corrected chi connectivity index (χ4v) is 1.29. The summed E-state index contributed by atoms with van der Waals surface area (Å²) in [5, 5.41) is 20.1. The summed E-state index contributed by atoms with van der Waals surface area (Å²) in [6, 6.07) is 3.47. The van der Waals surface area contributed by atoms with E-state index in [1.165, 1.54) is 12.1 Å². The molecule has 4 nitrogen and oxygen atoms in total. The fourth-order valence-electron chi connectivity index (χ4n) is 1.29. The third-order valence-corrected chi connectivity index (χ3v) is 1.95. The van der Waals surface area contributed by atoms with E-state index >= 15 is 0 Å². The average Bonchev–Trinajstić information content (AvgIpc) is 2.17. The van der Waals surface area contributed by atoms with Crippen molar-refractivity contribution in [3.8, 4) is 0 Å². The first kappa shape index (κ1) is 11.3. The third kappa shape index (κ3) is 2.38. The predicted molar refractivity (Wildman–Crippen MR) is 52.8 cm³/mol. The van der Waals surface area contributed by atoms with Crippen molar-refractivity contribution in [2.75, 3.05) is 0 Å². The van der Waals surface area contributed by atoms with Gasteiger partial charge in [0, 0.05) is 6.07 Å². The molecule has 1 aromatic rings. The second-order valence-corrected chi connectivity index (χ2v) is 2.97. The maximum absolute atomic E-state index is 13.3.